The number of nitrogens with zero attached hydrogens (tertiary/aromatic N) is 3. The van der Waals surface area contributed by atoms with Gasteiger partial charge in [0.25, 0.3) is 0 Å². The first-order chi connectivity index (χ1) is 19.4. The number of carboxylic acid groups (broad SMARTS) is 1. The summed E-state index contributed by atoms with van der Waals surface area (Å²) in [5.74, 6) is 0.484. The van der Waals surface area contributed by atoms with E-state index in [0.29, 0.717) is 47.7 Å². The van der Waals surface area contributed by atoms with E-state index in [-0.39, 0.29) is 12.0 Å². The average Bonchev–Trinajstić information content (AvgIpc) is 3.63. The van der Waals surface area contributed by atoms with E-state index < -0.39 is 5.97 Å². The van der Waals surface area contributed by atoms with Crippen molar-refractivity contribution in [3.05, 3.63) is 69.4 Å². The van der Waals surface area contributed by atoms with Gasteiger partial charge in [-0.2, -0.15) is 0 Å². The second-order valence-corrected chi connectivity index (χ2v) is 12.6. The zero-order valence-corrected chi connectivity index (χ0v) is 23.8. The maximum atomic E-state index is 11.1. The lowest BCUT2D eigenvalue weighted by Gasteiger charge is -2.39. The summed E-state index contributed by atoms with van der Waals surface area (Å²) in [7, 11) is 0. The van der Waals surface area contributed by atoms with Crippen LogP contribution in [0.2, 0.25) is 10.0 Å². The van der Waals surface area contributed by atoms with Gasteiger partial charge in [0.1, 0.15) is 11.5 Å². The lowest BCUT2D eigenvalue weighted by Crippen LogP contribution is -2.50. The molecule has 40 heavy (non-hydrogen) atoms. The third kappa shape index (κ3) is 5.02. The van der Waals surface area contributed by atoms with E-state index in [2.05, 4.69) is 39.2 Å². The summed E-state index contributed by atoms with van der Waals surface area (Å²) in [6.45, 7) is 2.55. The molecule has 2 bridgehead atoms. The van der Waals surface area contributed by atoms with Crippen molar-refractivity contribution in [2.45, 2.75) is 75.8 Å². The maximum absolute atomic E-state index is 11.1. The van der Waals surface area contributed by atoms with Crippen molar-refractivity contribution in [3.63, 3.8) is 0 Å². The van der Waals surface area contributed by atoms with Gasteiger partial charge < -0.3 is 19.3 Å². The van der Waals surface area contributed by atoms with Crippen LogP contribution in [-0.2, 0) is 22.7 Å². The first-order valence-corrected chi connectivity index (χ1v) is 15.1. The zero-order chi connectivity index (χ0) is 27.4. The summed E-state index contributed by atoms with van der Waals surface area (Å²) in [5.41, 5.74) is 4.92. The number of carboxylic acids is 1. The molecule has 1 N–H and O–H groups in total. The molecule has 210 valence electrons. The Bertz CT molecular complexity index is 1370. The number of aliphatic carboxylic acids is 1. The summed E-state index contributed by atoms with van der Waals surface area (Å²) in [4.78, 5) is 15.8. The Morgan fingerprint density at radius 1 is 1.00 bits per heavy atom. The Hall–Kier alpha value is -2.58. The number of halogens is 2. The molecule has 2 unspecified atom stereocenters. The highest BCUT2D eigenvalue weighted by atomic mass is 35.5. The van der Waals surface area contributed by atoms with Crippen LogP contribution < -0.4 is 4.90 Å². The molecule has 1 saturated carbocycles. The van der Waals surface area contributed by atoms with Crippen molar-refractivity contribution in [1.29, 1.82) is 0 Å². The lowest BCUT2D eigenvalue weighted by atomic mass is 9.97. The fourth-order valence-corrected chi connectivity index (χ4v) is 7.30. The summed E-state index contributed by atoms with van der Waals surface area (Å²) in [6, 6.07) is 14.9. The Balaban J connectivity index is 0.999. The second-order valence-electron chi connectivity index (χ2n) is 11.8. The predicted molar refractivity (Wildman–Crippen MR) is 154 cm³/mol. The van der Waals surface area contributed by atoms with E-state index >= 15 is 0 Å². The molecule has 3 aliphatic heterocycles. The van der Waals surface area contributed by atoms with Crippen LogP contribution in [0.5, 0.6) is 0 Å². The van der Waals surface area contributed by atoms with E-state index in [1.165, 1.54) is 12.8 Å². The van der Waals surface area contributed by atoms with Gasteiger partial charge in [0.15, 0.2) is 0 Å². The molecular formula is C31H33Cl2N3O4. The van der Waals surface area contributed by atoms with Crippen LogP contribution in [0.1, 0.15) is 61.3 Å². The van der Waals surface area contributed by atoms with Gasteiger partial charge in [-0.05, 0) is 68.4 Å². The van der Waals surface area contributed by atoms with E-state index in [4.69, 9.17) is 37.6 Å². The molecule has 9 heteroatoms. The highest BCUT2D eigenvalue weighted by molar-refractivity contribution is 6.39. The smallest absolute Gasteiger partial charge is 0.310 e. The molecule has 0 radical (unpaired) electrons. The molecule has 0 spiro atoms. The van der Waals surface area contributed by atoms with Gasteiger partial charge in [0, 0.05) is 54.5 Å². The first kappa shape index (κ1) is 26.3. The zero-order valence-electron chi connectivity index (χ0n) is 22.3. The van der Waals surface area contributed by atoms with Crippen LogP contribution in [0, 0.1) is 5.92 Å². The molecule has 0 amide bonds. The van der Waals surface area contributed by atoms with Crippen LogP contribution >= 0.6 is 23.2 Å². The number of benzene rings is 2. The second kappa shape index (κ2) is 10.7. The molecular weight excluding hydrogens is 549 g/mol. The largest absolute Gasteiger partial charge is 0.481 e. The molecule has 3 saturated heterocycles. The fraction of sp³-hybridized carbons (Fsp3) is 0.484. The standard InChI is InChI=1S/C31H33Cl2N3O4/c32-26-2-1-3-27(33)28(26)29-25(30(40-34-29)19-6-7-19)16-36-22-10-11-23(36)13-24(12-22)39-17-18-4-8-21(9-5-18)35-14-20(15-35)31(37)38/h1-5,8-9,19-20,22-24H,6-7,10-17H2,(H,37,38). The van der Waals surface area contributed by atoms with Gasteiger partial charge in [-0.3, -0.25) is 9.69 Å². The van der Waals surface area contributed by atoms with Crippen molar-refractivity contribution < 1.29 is 19.2 Å². The van der Waals surface area contributed by atoms with Gasteiger partial charge in [0.2, 0.25) is 0 Å². The van der Waals surface area contributed by atoms with Crippen LogP contribution in [-0.4, -0.2) is 52.4 Å². The van der Waals surface area contributed by atoms with Crippen LogP contribution in [0.15, 0.2) is 47.0 Å². The lowest BCUT2D eigenvalue weighted by molar-refractivity contribution is -0.142. The molecule has 1 aromatic heterocycles. The fourth-order valence-electron chi connectivity index (χ4n) is 6.73. The molecule has 2 atom stereocenters. The highest BCUT2D eigenvalue weighted by Gasteiger charge is 2.43. The highest BCUT2D eigenvalue weighted by Crippen LogP contribution is 2.48. The van der Waals surface area contributed by atoms with Crippen LogP contribution in [0.25, 0.3) is 11.3 Å². The number of fused-ring (bicyclic) bond motifs is 2. The molecule has 4 heterocycles. The predicted octanol–water partition coefficient (Wildman–Crippen LogP) is 6.76. The Morgan fingerprint density at radius 2 is 1.68 bits per heavy atom. The first-order valence-electron chi connectivity index (χ1n) is 14.3. The summed E-state index contributed by atoms with van der Waals surface area (Å²) < 4.78 is 12.4. The van der Waals surface area contributed by atoms with Crippen LogP contribution in [0.3, 0.4) is 0 Å². The number of ether oxygens (including phenoxy) is 1. The SMILES string of the molecule is O=C(O)C1CN(c2ccc(COC3CC4CCC(C3)N4Cc3c(-c4c(Cl)cccc4Cl)noc3C3CC3)cc2)C1. The van der Waals surface area contributed by atoms with Gasteiger partial charge in [-0.15, -0.1) is 0 Å². The minimum atomic E-state index is -0.712. The third-order valence-corrected chi connectivity index (χ3v) is 9.80. The summed E-state index contributed by atoms with van der Waals surface area (Å²) >= 11 is 13.2. The monoisotopic (exact) mass is 581 g/mol. The quantitative estimate of drug-likeness (QED) is 0.299. The Kier molecular flexibility index (Phi) is 7.03. The number of hydrogen-bond donors (Lipinski definition) is 1. The summed E-state index contributed by atoms with van der Waals surface area (Å²) in [5, 5.41) is 14.8. The third-order valence-electron chi connectivity index (χ3n) is 9.17. The molecule has 3 aromatic rings. The Labute approximate surface area is 244 Å². The van der Waals surface area contributed by atoms with Crippen molar-refractivity contribution in [2.24, 2.45) is 5.92 Å². The summed E-state index contributed by atoms with van der Waals surface area (Å²) in [6.07, 6.45) is 6.92. The number of anilines is 1. The Morgan fingerprint density at radius 3 is 2.30 bits per heavy atom. The van der Waals surface area contributed by atoms with Crippen molar-refractivity contribution in [2.75, 3.05) is 18.0 Å². The van der Waals surface area contributed by atoms with Gasteiger partial charge in [-0.25, -0.2) is 0 Å². The van der Waals surface area contributed by atoms with Gasteiger partial charge in [0.05, 0.1) is 28.7 Å². The molecule has 2 aromatic carbocycles. The van der Waals surface area contributed by atoms with Crippen LogP contribution in [0.4, 0.5) is 5.69 Å². The minimum absolute atomic E-state index is 0.239. The number of carbonyl (C=O) groups is 1. The molecule has 7 rings (SSSR count). The van der Waals surface area contributed by atoms with E-state index in [9.17, 15) is 4.79 Å². The number of hydrogen-bond acceptors (Lipinski definition) is 6. The number of aromatic nitrogens is 1. The molecule has 4 aliphatic rings. The van der Waals surface area contributed by atoms with E-state index in [1.807, 2.05) is 18.2 Å². The van der Waals surface area contributed by atoms with Crippen molar-refractivity contribution in [1.82, 2.24) is 10.1 Å². The molecule has 4 fully saturated rings. The number of piperidine rings is 1. The number of rotatable bonds is 9. The van der Waals surface area contributed by atoms with Crippen molar-refractivity contribution in [3.8, 4) is 11.3 Å². The normalized spacial score (nSPS) is 24.9. The molecule has 7 nitrogen and oxygen atoms in total. The van der Waals surface area contributed by atoms with Gasteiger partial charge >= 0.3 is 5.97 Å². The molecule has 1 aliphatic carbocycles. The minimum Gasteiger partial charge on any atom is -0.481 e. The average molecular weight is 583 g/mol. The van der Waals surface area contributed by atoms with Crippen molar-refractivity contribution >= 4 is 34.9 Å². The van der Waals surface area contributed by atoms with E-state index in [0.717, 1.165) is 66.1 Å². The maximum Gasteiger partial charge on any atom is 0.310 e. The van der Waals surface area contributed by atoms with Gasteiger partial charge in [-0.1, -0.05) is 46.6 Å². The van der Waals surface area contributed by atoms with E-state index in [1.54, 1.807) is 0 Å². The topological polar surface area (TPSA) is 79.0 Å².